The molecule has 1 N–H and O–H groups in total. The lowest BCUT2D eigenvalue weighted by Gasteiger charge is -2.22. The van der Waals surface area contributed by atoms with Gasteiger partial charge in [-0.25, -0.2) is 9.97 Å². The highest BCUT2D eigenvalue weighted by Crippen LogP contribution is 2.24. The van der Waals surface area contributed by atoms with Gasteiger partial charge in [-0.05, 0) is 44.0 Å². The fraction of sp³-hybridized carbons (Fsp3) is 0.190. The zero-order chi connectivity index (χ0) is 18.5. The molecule has 0 bridgehead atoms. The van der Waals surface area contributed by atoms with Gasteiger partial charge < -0.3 is 10.2 Å². The molecule has 0 spiro atoms. The zero-order valence-corrected chi connectivity index (χ0v) is 15.2. The number of hydrogen-bond donors (Lipinski definition) is 1. The van der Waals surface area contributed by atoms with Crippen molar-refractivity contribution in [2.24, 2.45) is 0 Å². The average molecular weight is 346 g/mol. The SMILES string of the molecule is CCN(c1ccccc1)c1cc(C(=O)Nc2c(C)cccc2C)ncn1. The van der Waals surface area contributed by atoms with E-state index in [1.54, 1.807) is 6.07 Å². The van der Waals surface area contributed by atoms with Crippen molar-refractivity contribution in [3.63, 3.8) is 0 Å². The minimum absolute atomic E-state index is 0.241. The first-order valence-electron chi connectivity index (χ1n) is 8.62. The van der Waals surface area contributed by atoms with Gasteiger partial charge in [0.1, 0.15) is 17.8 Å². The number of benzene rings is 2. The third kappa shape index (κ3) is 3.72. The van der Waals surface area contributed by atoms with E-state index in [4.69, 9.17) is 0 Å². The molecule has 1 amide bonds. The first-order chi connectivity index (χ1) is 12.6. The molecule has 0 aliphatic rings. The summed E-state index contributed by atoms with van der Waals surface area (Å²) in [6.07, 6.45) is 1.43. The summed E-state index contributed by atoms with van der Waals surface area (Å²) in [5.74, 6) is 0.454. The summed E-state index contributed by atoms with van der Waals surface area (Å²) in [4.78, 5) is 23.2. The number of carbonyl (C=O) groups is 1. The van der Waals surface area contributed by atoms with Gasteiger partial charge in [-0.2, -0.15) is 0 Å². The molecule has 1 aromatic heterocycles. The van der Waals surface area contributed by atoms with Gasteiger partial charge in [0.25, 0.3) is 5.91 Å². The lowest BCUT2D eigenvalue weighted by molar-refractivity contribution is 0.102. The maximum atomic E-state index is 12.7. The second kappa shape index (κ2) is 7.78. The topological polar surface area (TPSA) is 58.1 Å². The van der Waals surface area contributed by atoms with Crippen LogP contribution >= 0.6 is 0 Å². The minimum atomic E-state index is -0.241. The molecule has 3 rings (SSSR count). The Morgan fingerprint density at radius 2 is 1.69 bits per heavy atom. The van der Waals surface area contributed by atoms with Crippen molar-refractivity contribution >= 4 is 23.1 Å². The van der Waals surface area contributed by atoms with E-state index in [1.807, 2.05) is 74.2 Å². The molecular formula is C21H22N4O. The summed E-state index contributed by atoms with van der Waals surface area (Å²) in [6.45, 7) is 6.73. The van der Waals surface area contributed by atoms with E-state index in [-0.39, 0.29) is 5.91 Å². The molecule has 0 unspecified atom stereocenters. The normalized spacial score (nSPS) is 10.4. The quantitative estimate of drug-likeness (QED) is 0.739. The number of aryl methyl sites for hydroxylation is 2. The fourth-order valence-corrected chi connectivity index (χ4v) is 2.89. The van der Waals surface area contributed by atoms with E-state index < -0.39 is 0 Å². The van der Waals surface area contributed by atoms with Crippen molar-refractivity contribution in [1.82, 2.24) is 9.97 Å². The predicted molar refractivity (Wildman–Crippen MR) is 105 cm³/mol. The molecule has 0 aliphatic carbocycles. The predicted octanol–water partition coefficient (Wildman–Crippen LogP) is 4.50. The summed E-state index contributed by atoms with van der Waals surface area (Å²) < 4.78 is 0. The van der Waals surface area contributed by atoms with Gasteiger partial charge in [-0.3, -0.25) is 4.79 Å². The number of nitrogens with zero attached hydrogens (tertiary/aromatic N) is 3. The molecule has 5 heteroatoms. The Balaban J connectivity index is 1.88. The summed E-state index contributed by atoms with van der Waals surface area (Å²) in [7, 11) is 0. The number of amides is 1. The molecule has 5 nitrogen and oxygen atoms in total. The van der Waals surface area contributed by atoms with Gasteiger partial charge in [0.2, 0.25) is 0 Å². The molecule has 3 aromatic rings. The van der Waals surface area contributed by atoms with Crippen molar-refractivity contribution in [1.29, 1.82) is 0 Å². The summed E-state index contributed by atoms with van der Waals surface area (Å²) in [5.41, 5.74) is 4.23. The van der Waals surface area contributed by atoms with E-state index in [0.717, 1.165) is 29.0 Å². The maximum absolute atomic E-state index is 12.7. The molecule has 26 heavy (non-hydrogen) atoms. The van der Waals surface area contributed by atoms with E-state index in [0.29, 0.717) is 11.5 Å². The van der Waals surface area contributed by atoms with Crippen LogP contribution in [0.3, 0.4) is 0 Å². The highest BCUT2D eigenvalue weighted by Gasteiger charge is 2.15. The van der Waals surface area contributed by atoms with Crippen LogP contribution in [0.5, 0.6) is 0 Å². The Labute approximate surface area is 153 Å². The van der Waals surface area contributed by atoms with Crippen LogP contribution in [0.2, 0.25) is 0 Å². The Morgan fingerprint density at radius 3 is 2.35 bits per heavy atom. The standard InChI is InChI=1S/C21H22N4O/c1-4-25(17-11-6-5-7-12-17)19-13-18(22-14-23-19)21(26)24-20-15(2)9-8-10-16(20)3/h5-14H,4H2,1-3H3,(H,24,26). The number of carbonyl (C=O) groups excluding carboxylic acids is 1. The fourth-order valence-electron chi connectivity index (χ4n) is 2.89. The second-order valence-electron chi connectivity index (χ2n) is 6.06. The Hall–Kier alpha value is -3.21. The first kappa shape index (κ1) is 17.6. The first-order valence-corrected chi connectivity index (χ1v) is 8.62. The van der Waals surface area contributed by atoms with Gasteiger partial charge >= 0.3 is 0 Å². The molecule has 0 radical (unpaired) electrons. The van der Waals surface area contributed by atoms with Gasteiger partial charge in [-0.1, -0.05) is 36.4 Å². The number of rotatable bonds is 5. The van der Waals surface area contributed by atoms with Crippen molar-refractivity contribution in [2.45, 2.75) is 20.8 Å². The largest absolute Gasteiger partial charge is 0.327 e. The van der Waals surface area contributed by atoms with Gasteiger partial charge in [-0.15, -0.1) is 0 Å². The summed E-state index contributed by atoms with van der Waals surface area (Å²) >= 11 is 0. The van der Waals surface area contributed by atoms with Gasteiger partial charge in [0.05, 0.1) is 0 Å². The van der Waals surface area contributed by atoms with Crippen molar-refractivity contribution in [3.8, 4) is 0 Å². The highest BCUT2D eigenvalue weighted by molar-refractivity contribution is 6.04. The Kier molecular flexibility index (Phi) is 5.27. The molecular weight excluding hydrogens is 324 g/mol. The lowest BCUT2D eigenvalue weighted by atomic mass is 10.1. The third-order valence-electron chi connectivity index (χ3n) is 4.27. The van der Waals surface area contributed by atoms with Crippen LogP contribution in [0.1, 0.15) is 28.5 Å². The summed E-state index contributed by atoms with van der Waals surface area (Å²) in [5, 5.41) is 2.97. The number of anilines is 3. The second-order valence-corrected chi connectivity index (χ2v) is 6.06. The lowest BCUT2D eigenvalue weighted by Crippen LogP contribution is -2.20. The van der Waals surface area contributed by atoms with Crippen molar-refractivity contribution in [3.05, 3.63) is 77.7 Å². The Bertz CT molecular complexity index is 889. The van der Waals surface area contributed by atoms with E-state index in [2.05, 4.69) is 15.3 Å². The molecule has 132 valence electrons. The molecule has 0 fully saturated rings. The number of aromatic nitrogens is 2. The van der Waals surface area contributed by atoms with Crippen molar-refractivity contribution in [2.75, 3.05) is 16.8 Å². The molecule has 0 aliphatic heterocycles. The number of hydrogen-bond acceptors (Lipinski definition) is 4. The van der Waals surface area contributed by atoms with Crippen LogP contribution in [0.4, 0.5) is 17.2 Å². The average Bonchev–Trinajstić information content (AvgIpc) is 2.66. The van der Waals surface area contributed by atoms with Crippen LogP contribution in [0, 0.1) is 13.8 Å². The monoisotopic (exact) mass is 346 g/mol. The molecule has 1 heterocycles. The molecule has 2 aromatic carbocycles. The summed E-state index contributed by atoms with van der Waals surface area (Å²) in [6, 6.07) is 17.6. The number of para-hydroxylation sites is 2. The van der Waals surface area contributed by atoms with E-state index in [9.17, 15) is 4.79 Å². The van der Waals surface area contributed by atoms with Crippen LogP contribution in [0.25, 0.3) is 0 Å². The minimum Gasteiger partial charge on any atom is -0.327 e. The van der Waals surface area contributed by atoms with Crippen LogP contribution < -0.4 is 10.2 Å². The van der Waals surface area contributed by atoms with Gasteiger partial charge in [0, 0.05) is 24.0 Å². The van der Waals surface area contributed by atoms with Crippen LogP contribution in [-0.2, 0) is 0 Å². The zero-order valence-electron chi connectivity index (χ0n) is 15.2. The molecule has 0 saturated heterocycles. The maximum Gasteiger partial charge on any atom is 0.274 e. The van der Waals surface area contributed by atoms with Gasteiger partial charge in [0.15, 0.2) is 0 Å². The van der Waals surface area contributed by atoms with E-state index in [1.165, 1.54) is 6.33 Å². The van der Waals surface area contributed by atoms with E-state index >= 15 is 0 Å². The smallest absolute Gasteiger partial charge is 0.274 e. The molecule has 0 atom stereocenters. The van der Waals surface area contributed by atoms with Crippen molar-refractivity contribution < 1.29 is 4.79 Å². The molecule has 0 saturated carbocycles. The highest BCUT2D eigenvalue weighted by atomic mass is 16.1. The van der Waals surface area contributed by atoms with Crippen LogP contribution in [-0.4, -0.2) is 22.4 Å². The van der Waals surface area contributed by atoms with Crippen LogP contribution in [0.15, 0.2) is 60.9 Å². The third-order valence-corrected chi connectivity index (χ3v) is 4.27. The number of nitrogens with one attached hydrogen (secondary N) is 1. The Morgan fingerprint density at radius 1 is 1.00 bits per heavy atom.